The van der Waals surface area contributed by atoms with Gasteiger partial charge >= 0.3 is 12.1 Å². The van der Waals surface area contributed by atoms with Gasteiger partial charge in [0.25, 0.3) is 0 Å². The third-order valence-electron chi connectivity index (χ3n) is 4.46. The van der Waals surface area contributed by atoms with Gasteiger partial charge in [0.2, 0.25) is 0 Å². The van der Waals surface area contributed by atoms with Crippen LogP contribution in [0, 0.1) is 5.82 Å². The van der Waals surface area contributed by atoms with Crippen molar-refractivity contribution >= 4 is 18.1 Å². The summed E-state index contributed by atoms with van der Waals surface area (Å²) in [6.45, 7) is 2.07. The van der Waals surface area contributed by atoms with Gasteiger partial charge in [0, 0.05) is 0 Å². The molecule has 154 valence electrons. The average Bonchev–Trinajstić information content (AvgIpc) is 2.72. The van der Waals surface area contributed by atoms with Crippen molar-refractivity contribution < 1.29 is 27.1 Å². The van der Waals surface area contributed by atoms with Crippen molar-refractivity contribution in [2.45, 2.75) is 19.5 Å². The summed E-state index contributed by atoms with van der Waals surface area (Å²) < 4.78 is 57.1. The van der Waals surface area contributed by atoms with E-state index in [0.29, 0.717) is 5.56 Å². The summed E-state index contributed by atoms with van der Waals surface area (Å²) >= 11 is 0. The Labute approximate surface area is 171 Å². The SMILES string of the molecule is CCc1ccc(/C=C/c2ccc(C(=O)Oc3ccc(C(F)(F)F)cc3)c(F)c2)cc1. The van der Waals surface area contributed by atoms with E-state index in [1.165, 1.54) is 17.7 Å². The molecule has 0 aliphatic carbocycles. The number of hydrogen-bond acceptors (Lipinski definition) is 2. The van der Waals surface area contributed by atoms with Crippen molar-refractivity contribution in [1.82, 2.24) is 0 Å². The summed E-state index contributed by atoms with van der Waals surface area (Å²) in [7, 11) is 0. The number of aryl methyl sites for hydroxylation is 1. The Bertz CT molecular complexity index is 1050. The predicted molar refractivity (Wildman–Crippen MR) is 108 cm³/mol. The first-order chi connectivity index (χ1) is 14.3. The summed E-state index contributed by atoms with van der Waals surface area (Å²) in [6, 6.07) is 15.6. The minimum absolute atomic E-state index is 0.105. The molecular weight excluding hydrogens is 396 g/mol. The van der Waals surface area contributed by atoms with Gasteiger partial charge in [-0.3, -0.25) is 0 Å². The van der Waals surface area contributed by atoms with E-state index >= 15 is 0 Å². The molecule has 0 saturated heterocycles. The van der Waals surface area contributed by atoms with Gasteiger partial charge in [-0.05, 0) is 59.5 Å². The van der Waals surface area contributed by atoms with Crippen molar-refractivity contribution in [1.29, 1.82) is 0 Å². The first kappa shape index (κ1) is 21.3. The minimum Gasteiger partial charge on any atom is -0.423 e. The van der Waals surface area contributed by atoms with Crippen molar-refractivity contribution in [2.75, 3.05) is 0 Å². The van der Waals surface area contributed by atoms with E-state index in [1.54, 1.807) is 12.1 Å². The van der Waals surface area contributed by atoms with E-state index in [1.807, 2.05) is 30.3 Å². The van der Waals surface area contributed by atoms with Gasteiger partial charge in [0.05, 0.1) is 11.1 Å². The Hall–Kier alpha value is -3.41. The molecule has 3 aromatic rings. The van der Waals surface area contributed by atoms with Crippen LogP contribution in [0.4, 0.5) is 17.6 Å². The zero-order valence-electron chi connectivity index (χ0n) is 16.0. The molecule has 0 fully saturated rings. The van der Waals surface area contributed by atoms with Crippen molar-refractivity contribution in [3.63, 3.8) is 0 Å². The van der Waals surface area contributed by atoms with Crippen LogP contribution in [0.25, 0.3) is 12.2 Å². The molecule has 0 saturated carbocycles. The highest BCUT2D eigenvalue weighted by atomic mass is 19.4. The lowest BCUT2D eigenvalue weighted by Crippen LogP contribution is -2.11. The highest BCUT2D eigenvalue weighted by Crippen LogP contribution is 2.30. The van der Waals surface area contributed by atoms with Crippen molar-refractivity contribution in [3.8, 4) is 5.75 Å². The lowest BCUT2D eigenvalue weighted by Gasteiger charge is -2.09. The zero-order chi connectivity index (χ0) is 21.7. The Morgan fingerprint density at radius 2 is 1.50 bits per heavy atom. The van der Waals surface area contributed by atoms with Crippen LogP contribution < -0.4 is 4.74 Å². The summed E-state index contributed by atoms with van der Waals surface area (Å²) in [4.78, 5) is 12.2. The summed E-state index contributed by atoms with van der Waals surface area (Å²) in [5, 5.41) is 0. The fourth-order valence-corrected chi connectivity index (χ4v) is 2.73. The second kappa shape index (κ2) is 8.95. The van der Waals surface area contributed by atoms with E-state index in [9.17, 15) is 22.4 Å². The summed E-state index contributed by atoms with van der Waals surface area (Å²) in [5.41, 5.74) is 1.55. The third-order valence-corrected chi connectivity index (χ3v) is 4.46. The van der Waals surface area contributed by atoms with E-state index in [0.717, 1.165) is 36.2 Å². The standard InChI is InChI=1S/C24H18F4O2/c1-2-16-3-5-17(6-4-16)7-8-18-9-14-21(22(25)15-18)23(29)30-20-12-10-19(11-13-20)24(26,27)28/h3-15H,2H2,1H3/b8-7+. The molecule has 0 radical (unpaired) electrons. The molecule has 0 unspecified atom stereocenters. The van der Waals surface area contributed by atoms with Crippen LogP contribution in [0.3, 0.4) is 0 Å². The molecule has 0 atom stereocenters. The number of alkyl halides is 3. The number of hydrogen-bond donors (Lipinski definition) is 0. The zero-order valence-corrected chi connectivity index (χ0v) is 16.0. The van der Waals surface area contributed by atoms with Crippen LogP contribution in [-0.2, 0) is 12.6 Å². The van der Waals surface area contributed by atoms with Crippen LogP contribution in [-0.4, -0.2) is 5.97 Å². The average molecular weight is 414 g/mol. The van der Waals surface area contributed by atoms with Crippen LogP contribution in [0.5, 0.6) is 5.75 Å². The van der Waals surface area contributed by atoms with Crippen LogP contribution in [0.15, 0.2) is 66.7 Å². The number of ether oxygens (including phenoxy) is 1. The van der Waals surface area contributed by atoms with Crippen LogP contribution in [0.1, 0.15) is 39.5 Å². The van der Waals surface area contributed by atoms with Gasteiger partial charge < -0.3 is 4.74 Å². The fourth-order valence-electron chi connectivity index (χ4n) is 2.73. The highest BCUT2D eigenvalue weighted by Gasteiger charge is 2.30. The molecule has 0 bridgehead atoms. The Kier molecular flexibility index (Phi) is 6.35. The maximum atomic E-state index is 14.4. The number of carbonyl (C=O) groups is 1. The normalized spacial score (nSPS) is 11.6. The summed E-state index contributed by atoms with van der Waals surface area (Å²) in [6.07, 6.45) is -0.00129. The van der Waals surface area contributed by atoms with E-state index in [-0.39, 0.29) is 11.3 Å². The number of esters is 1. The largest absolute Gasteiger partial charge is 0.423 e. The second-order valence-corrected chi connectivity index (χ2v) is 6.58. The van der Waals surface area contributed by atoms with Gasteiger partial charge in [-0.2, -0.15) is 13.2 Å². The van der Waals surface area contributed by atoms with Gasteiger partial charge in [0.15, 0.2) is 0 Å². The number of benzene rings is 3. The number of carbonyl (C=O) groups excluding carboxylic acids is 1. The van der Waals surface area contributed by atoms with E-state index < -0.39 is 23.5 Å². The monoisotopic (exact) mass is 414 g/mol. The summed E-state index contributed by atoms with van der Waals surface area (Å²) in [5.74, 6) is -1.87. The van der Waals surface area contributed by atoms with Crippen LogP contribution in [0.2, 0.25) is 0 Å². The van der Waals surface area contributed by atoms with Gasteiger partial charge in [0.1, 0.15) is 11.6 Å². The second-order valence-electron chi connectivity index (χ2n) is 6.58. The first-order valence-electron chi connectivity index (χ1n) is 9.22. The highest BCUT2D eigenvalue weighted by molar-refractivity contribution is 5.91. The number of rotatable bonds is 5. The molecular formula is C24H18F4O2. The Morgan fingerprint density at radius 3 is 2.07 bits per heavy atom. The first-order valence-corrected chi connectivity index (χ1v) is 9.22. The molecule has 0 aromatic heterocycles. The molecule has 0 aliphatic heterocycles. The Balaban J connectivity index is 1.69. The lowest BCUT2D eigenvalue weighted by atomic mass is 10.1. The molecule has 6 heteroatoms. The molecule has 0 heterocycles. The maximum absolute atomic E-state index is 14.4. The Morgan fingerprint density at radius 1 is 0.900 bits per heavy atom. The molecule has 3 rings (SSSR count). The van der Waals surface area contributed by atoms with Crippen LogP contribution >= 0.6 is 0 Å². The van der Waals surface area contributed by atoms with E-state index in [4.69, 9.17) is 4.74 Å². The third kappa shape index (κ3) is 5.35. The molecule has 2 nitrogen and oxygen atoms in total. The quantitative estimate of drug-likeness (QED) is 0.199. The minimum atomic E-state index is -4.49. The molecule has 0 amide bonds. The number of halogens is 4. The fraction of sp³-hybridized carbons (Fsp3) is 0.125. The molecule has 3 aromatic carbocycles. The molecule has 30 heavy (non-hydrogen) atoms. The molecule has 0 aliphatic rings. The smallest absolute Gasteiger partial charge is 0.416 e. The topological polar surface area (TPSA) is 26.3 Å². The van der Waals surface area contributed by atoms with Crippen molar-refractivity contribution in [2.24, 2.45) is 0 Å². The molecule has 0 spiro atoms. The lowest BCUT2D eigenvalue weighted by molar-refractivity contribution is -0.137. The van der Waals surface area contributed by atoms with Gasteiger partial charge in [-0.1, -0.05) is 49.4 Å². The van der Waals surface area contributed by atoms with Gasteiger partial charge in [-0.15, -0.1) is 0 Å². The maximum Gasteiger partial charge on any atom is 0.416 e. The van der Waals surface area contributed by atoms with E-state index in [2.05, 4.69) is 6.92 Å². The molecule has 0 N–H and O–H groups in total. The van der Waals surface area contributed by atoms with Gasteiger partial charge in [-0.25, -0.2) is 9.18 Å². The van der Waals surface area contributed by atoms with Crippen molar-refractivity contribution in [3.05, 3.63) is 100 Å². The predicted octanol–water partition coefficient (Wildman–Crippen LogP) is 6.80.